The molecular formula is C13H16ClNO4. The van der Waals surface area contributed by atoms with E-state index in [4.69, 9.17) is 16.3 Å². The Hall–Kier alpha value is -1.62. The van der Waals surface area contributed by atoms with Crippen molar-refractivity contribution in [1.82, 2.24) is 0 Å². The molecule has 0 aliphatic carbocycles. The van der Waals surface area contributed by atoms with E-state index in [2.05, 4.69) is 6.92 Å². The monoisotopic (exact) mass is 285 g/mol. The van der Waals surface area contributed by atoms with Gasteiger partial charge in [0.1, 0.15) is 5.02 Å². The van der Waals surface area contributed by atoms with E-state index >= 15 is 0 Å². The molecule has 1 rings (SSSR count). The van der Waals surface area contributed by atoms with Gasteiger partial charge in [0.05, 0.1) is 17.1 Å². The van der Waals surface area contributed by atoms with E-state index in [1.54, 1.807) is 0 Å². The molecule has 0 atom stereocenters. The average Bonchev–Trinajstić information content (AvgIpc) is 2.37. The van der Waals surface area contributed by atoms with Crippen LogP contribution >= 0.6 is 11.6 Å². The standard InChI is InChI=1S/C13H16ClNO4/c1-2-3-4-5-8-19-13(16)10-6-7-12(15(17)18)11(14)9-10/h6-7,9H,2-5,8H2,1H3. The van der Waals surface area contributed by atoms with Crippen LogP contribution in [0.2, 0.25) is 5.02 Å². The van der Waals surface area contributed by atoms with Crippen LogP contribution in [0.15, 0.2) is 18.2 Å². The maximum atomic E-state index is 11.7. The van der Waals surface area contributed by atoms with Crippen molar-refractivity contribution in [2.75, 3.05) is 6.61 Å². The van der Waals surface area contributed by atoms with E-state index in [1.807, 2.05) is 0 Å². The number of ether oxygens (including phenoxy) is 1. The fourth-order valence-corrected chi connectivity index (χ4v) is 1.81. The predicted octanol–water partition coefficient (Wildman–Crippen LogP) is 3.99. The maximum Gasteiger partial charge on any atom is 0.338 e. The van der Waals surface area contributed by atoms with Gasteiger partial charge < -0.3 is 4.74 Å². The van der Waals surface area contributed by atoms with Crippen molar-refractivity contribution in [2.45, 2.75) is 32.6 Å². The first-order valence-electron chi connectivity index (χ1n) is 6.17. The van der Waals surface area contributed by atoms with E-state index in [0.29, 0.717) is 6.61 Å². The second kappa shape index (κ2) is 7.74. The smallest absolute Gasteiger partial charge is 0.338 e. The molecule has 0 radical (unpaired) electrons. The molecule has 0 saturated heterocycles. The number of carbonyl (C=O) groups excluding carboxylic acids is 1. The molecule has 0 heterocycles. The summed E-state index contributed by atoms with van der Waals surface area (Å²) in [5.74, 6) is -0.506. The zero-order valence-electron chi connectivity index (χ0n) is 10.7. The Morgan fingerprint density at radius 2 is 2.11 bits per heavy atom. The van der Waals surface area contributed by atoms with Gasteiger partial charge in [-0.1, -0.05) is 37.8 Å². The summed E-state index contributed by atoms with van der Waals surface area (Å²) in [4.78, 5) is 21.6. The number of rotatable bonds is 7. The summed E-state index contributed by atoms with van der Waals surface area (Å²) in [5.41, 5.74) is 0.00672. The lowest BCUT2D eigenvalue weighted by atomic mass is 10.2. The Morgan fingerprint density at radius 3 is 2.68 bits per heavy atom. The summed E-state index contributed by atoms with van der Waals surface area (Å²) in [5, 5.41) is 10.5. The molecular weight excluding hydrogens is 270 g/mol. The minimum absolute atomic E-state index is 0.0644. The largest absolute Gasteiger partial charge is 0.462 e. The van der Waals surface area contributed by atoms with Crippen molar-refractivity contribution >= 4 is 23.3 Å². The van der Waals surface area contributed by atoms with Gasteiger partial charge in [-0.05, 0) is 18.6 Å². The molecule has 19 heavy (non-hydrogen) atoms. The van der Waals surface area contributed by atoms with Crippen molar-refractivity contribution < 1.29 is 14.5 Å². The number of carbonyl (C=O) groups is 1. The predicted molar refractivity (Wildman–Crippen MR) is 72.5 cm³/mol. The van der Waals surface area contributed by atoms with Crippen molar-refractivity contribution in [3.05, 3.63) is 38.9 Å². The van der Waals surface area contributed by atoms with Crippen LogP contribution < -0.4 is 0 Å². The molecule has 0 aliphatic rings. The highest BCUT2D eigenvalue weighted by Gasteiger charge is 2.15. The van der Waals surface area contributed by atoms with Gasteiger partial charge in [-0.2, -0.15) is 0 Å². The molecule has 0 unspecified atom stereocenters. The van der Waals surface area contributed by atoms with Crippen molar-refractivity contribution in [2.24, 2.45) is 0 Å². The highest BCUT2D eigenvalue weighted by atomic mass is 35.5. The minimum Gasteiger partial charge on any atom is -0.462 e. The Balaban J connectivity index is 2.53. The quantitative estimate of drug-likeness (QED) is 0.329. The SMILES string of the molecule is CCCCCCOC(=O)c1ccc([N+](=O)[O-])c(Cl)c1. The summed E-state index contributed by atoms with van der Waals surface area (Å²) < 4.78 is 5.06. The van der Waals surface area contributed by atoms with Crippen LogP contribution in [0.5, 0.6) is 0 Å². The van der Waals surface area contributed by atoms with E-state index in [-0.39, 0.29) is 16.3 Å². The number of halogens is 1. The van der Waals surface area contributed by atoms with Crippen LogP contribution in [0.3, 0.4) is 0 Å². The van der Waals surface area contributed by atoms with Crippen molar-refractivity contribution in [1.29, 1.82) is 0 Å². The third kappa shape index (κ3) is 4.87. The van der Waals surface area contributed by atoms with Crippen molar-refractivity contribution in [3.8, 4) is 0 Å². The molecule has 0 N–H and O–H groups in total. The van der Waals surface area contributed by atoms with Crippen LogP contribution in [0.1, 0.15) is 43.0 Å². The first-order chi connectivity index (χ1) is 9.06. The molecule has 0 bridgehead atoms. The van der Waals surface area contributed by atoms with Gasteiger partial charge in [-0.15, -0.1) is 0 Å². The second-order valence-electron chi connectivity index (χ2n) is 4.12. The molecule has 0 spiro atoms. The van der Waals surface area contributed by atoms with Gasteiger partial charge in [0, 0.05) is 6.07 Å². The first kappa shape index (κ1) is 15.4. The van der Waals surface area contributed by atoms with Crippen LogP contribution in [0, 0.1) is 10.1 Å². The molecule has 5 nitrogen and oxygen atoms in total. The number of nitro benzene ring substituents is 1. The first-order valence-corrected chi connectivity index (χ1v) is 6.55. The molecule has 0 aliphatic heterocycles. The fourth-order valence-electron chi connectivity index (χ4n) is 1.56. The van der Waals surface area contributed by atoms with Crippen molar-refractivity contribution in [3.63, 3.8) is 0 Å². The molecule has 1 aromatic rings. The van der Waals surface area contributed by atoms with Crippen LogP contribution in [0.4, 0.5) is 5.69 Å². The summed E-state index contributed by atoms with van der Waals surface area (Å²) in [6.07, 6.45) is 4.07. The fraction of sp³-hybridized carbons (Fsp3) is 0.462. The third-order valence-corrected chi connectivity index (χ3v) is 2.91. The second-order valence-corrected chi connectivity index (χ2v) is 4.53. The van der Waals surface area contributed by atoms with Gasteiger partial charge in [-0.25, -0.2) is 4.79 Å². The molecule has 104 valence electrons. The zero-order chi connectivity index (χ0) is 14.3. The van der Waals surface area contributed by atoms with Crippen LogP contribution in [0.25, 0.3) is 0 Å². The molecule has 0 aromatic heterocycles. The van der Waals surface area contributed by atoms with Gasteiger partial charge in [0.15, 0.2) is 0 Å². The number of nitro groups is 1. The van der Waals surface area contributed by atoms with E-state index in [0.717, 1.165) is 25.7 Å². The number of hydrogen-bond acceptors (Lipinski definition) is 4. The van der Waals surface area contributed by atoms with Gasteiger partial charge in [-0.3, -0.25) is 10.1 Å². The van der Waals surface area contributed by atoms with E-state index in [1.165, 1.54) is 18.2 Å². The number of benzene rings is 1. The number of hydrogen-bond donors (Lipinski definition) is 0. The Kier molecular flexibility index (Phi) is 6.29. The Bertz CT molecular complexity index is 462. The highest BCUT2D eigenvalue weighted by molar-refractivity contribution is 6.33. The maximum absolute atomic E-state index is 11.7. The average molecular weight is 286 g/mol. The molecule has 0 saturated carbocycles. The molecule has 0 fully saturated rings. The summed E-state index contributed by atoms with van der Waals surface area (Å²) >= 11 is 5.72. The highest BCUT2D eigenvalue weighted by Crippen LogP contribution is 2.25. The zero-order valence-corrected chi connectivity index (χ0v) is 11.5. The molecule has 0 amide bonds. The van der Waals surface area contributed by atoms with Crippen LogP contribution in [-0.2, 0) is 4.74 Å². The van der Waals surface area contributed by atoms with Crippen LogP contribution in [-0.4, -0.2) is 17.5 Å². The number of unbranched alkanes of at least 4 members (excludes halogenated alkanes) is 3. The van der Waals surface area contributed by atoms with Gasteiger partial charge in [0.2, 0.25) is 0 Å². The van der Waals surface area contributed by atoms with Gasteiger partial charge in [0.25, 0.3) is 5.69 Å². The lowest BCUT2D eigenvalue weighted by Crippen LogP contribution is -2.06. The Labute approximate surface area is 116 Å². The lowest BCUT2D eigenvalue weighted by molar-refractivity contribution is -0.384. The summed E-state index contributed by atoms with van der Waals surface area (Å²) in [6, 6.07) is 3.81. The summed E-state index contributed by atoms with van der Waals surface area (Å²) in [6.45, 7) is 2.46. The topological polar surface area (TPSA) is 69.4 Å². The van der Waals surface area contributed by atoms with Gasteiger partial charge >= 0.3 is 5.97 Å². The minimum atomic E-state index is -0.595. The lowest BCUT2D eigenvalue weighted by Gasteiger charge is -2.05. The summed E-state index contributed by atoms with van der Waals surface area (Å²) in [7, 11) is 0. The van der Waals surface area contributed by atoms with E-state index < -0.39 is 10.9 Å². The molecule has 1 aromatic carbocycles. The number of esters is 1. The van der Waals surface area contributed by atoms with E-state index in [9.17, 15) is 14.9 Å². The normalized spacial score (nSPS) is 10.2. The number of nitrogens with zero attached hydrogens (tertiary/aromatic N) is 1. The molecule has 6 heteroatoms. The third-order valence-electron chi connectivity index (χ3n) is 2.61. The Morgan fingerprint density at radius 1 is 1.37 bits per heavy atom.